The van der Waals surface area contributed by atoms with Crippen molar-refractivity contribution in [1.29, 1.82) is 0 Å². The summed E-state index contributed by atoms with van der Waals surface area (Å²) in [7, 11) is 0. The minimum atomic E-state index is -0.203. The van der Waals surface area contributed by atoms with Crippen molar-refractivity contribution in [2.24, 2.45) is 0 Å². The van der Waals surface area contributed by atoms with Crippen LogP contribution in [0.4, 0.5) is 0 Å². The van der Waals surface area contributed by atoms with E-state index in [9.17, 15) is 4.79 Å². The topological polar surface area (TPSA) is 67.0 Å². The van der Waals surface area contributed by atoms with Gasteiger partial charge in [0.15, 0.2) is 0 Å². The van der Waals surface area contributed by atoms with Gasteiger partial charge in [0.05, 0.1) is 17.4 Å². The lowest BCUT2D eigenvalue weighted by atomic mass is 10.1. The maximum Gasteiger partial charge on any atom is 0.251 e. The number of rotatable bonds is 5. The number of benzene rings is 2. The first-order valence-electron chi connectivity index (χ1n) is 8.40. The monoisotopic (exact) mass is 337 g/mol. The number of hydrogen-bond donors (Lipinski definition) is 2. The number of hydrogen-bond acceptors (Lipinski definition) is 3. The van der Waals surface area contributed by atoms with E-state index < -0.39 is 0 Å². The van der Waals surface area contributed by atoms with Gasteiger partial charge in [-0.1, -0.05) is 12.1 Å². The number of aromatic amines is 1. The van der Waals surface area contributed by atoms with Crippen LogP contribution in [-0.2, 0) is 6.42 Å². The Morgan fingerprint density at radius 3 is 2.64 bits per heavy atom. The Kier molecular flexibility index (Phi) is 4.74. The molecule has 0 atom stereocenters. The second-order valence-electron chi connectivity index (χ2n) is 7.00. The molecule has 0 unspecified atom stereocenters. The summed E-state index contributed by atoms with van der Waals surface area (Å²) < 4.78 is 5.81. The maximum absolute atomic E-state index is 12.2. The molecule has 0 fully saturated rings. The molecule has 1 amide bonds. The van der Waals surface area contributed by atoms with Crippen molar-refractivity contribution in [2.75, 3.05) is 6.54 Å². The van der Waals surface area contributed by atoms with Crippen LogP contribution in [0.3, 0.4) is 0 Å². The molecule has 0 aliphatic heterocycles. The lowest BCUT2D eigenvalue weighted by Crippen LogP contribution is -2.25. The van der Waals surface area contributed by atoms with Gasteiger partial charge in [-0.3, -0.25) is 4.79 Å². The zero-order valence-corrected chi connectivity index (χ0v) is 14.8. The van der Waals surface area contributed by atoms with E-state index in [-0.39, 0.29) is 11.5 Å². The summed E-state index contributed by atoms with van der Waals surface area (Å²) in [6, 6.07) is 13.4. The van der Waals surface area contributed by atoms with E-state index in [1.807, 2.05) is 57.2 Å². The molecule has 3 aromatic rings. The highest BCUT2D eigenvalue weighted by Gasteiger charge is 2.11. The van der Waals surface area contributed by atoms with Crippen LogP contribution in [0, 0.1) is 0 Å². The van der Waals surface area contributed by atoms with Gasteiger partial charge in [-0.2, -0.15) is 0 Å². The van der Waals surface area contributed by atoms with Crippen molar-refractivity contribution in [3.05, 3.63) is 59.9 Å². The van der Waals surface area contributed by atoms with E-state index in [1.54, 1.807) is 12.4 Å². The van der Waals surface area contributed by atoms with E-state index in [0.717, 1.165) is 28.8 Å². The van der Waals surface area contributed by atoms with Crippen molar-refractivity contribution in [1.82, 2.24) is 15.3 Å². The molecular formula is C20H23N3O2. The van der Waals surface area contributed by atoms with Crippen LogP contribution in [-0.4, -0.2) is 28.0 Å². The first kappa shape index (κ1) is 17.0. The predicted molar refractivity (Wildman–Crippen MR) is 99.0 cm³/mol. The molecule has 3 rings (SSSR count). The molecule has 1 aromatic heterocycles. The molecule has 0 saturated heterocycles. The molecule has 2 N–H and O–H groups in total. The van der Waals surface area contributed by atoms with Crippen molar-refractivity contribution in [3.8, 4) is 5.75 Å². The van der Waals surface area contributed by atoms with Gasteiger partial charge in [-0.25, -0.2) is 4.98 Å². The largest absolute Gasteiger partial charge is 0.488 e. The van der Waals surface area contributed by atoms with Crippen molar-refractivity contribution in [2.45, 2.75) is 32.8 Å². The summed E-state index contributed by atoms with van der Waals surface area (Å²) in [5, 5.41) is 2.95. The molecule has 0 spiro atoms. The van der Waals surface area contributed by atoms with Gasteiger partial charge < -0.3 is 15.0 Å². The standard InChI is InChI=1S/C20H23N3O2/c1-20(2,3)25-16-7-4-14(5-8-16)10-11-21-19(24)15-6-9-17-18(12-15)23-13-22-17/h4-9,12-13H,10-11H2,1-3H3,(H,21,24)(H,22,23). The number of aromatic nitrogens is 2. The molecule has 130 valence electrons. The van der Waals surface area contributed by atoms with Crippen LogP contribution in [0.1, 0.15) is 36.7 Å². The molecule has 0 radical (unpaired) electrons. The number of imidazole rings is 1. The van der Waals surface area contributed by atoms with Crippen LogP contribution >= 0.6 is 0 Å². The van der Waals surface area contributed by atoms with E-state index in [0.29, 0.717) is 12.1 Å². The first-order chi connectivity index (χ1) is 11.9. The van der Waals surface area contributed by atoms with Crippen molar-refractivity contribution in [3.63, 3.8) is 0 Å². The smallest absolute Gasteiger partial charge is 0.251 e. The summed E-state index contributed by atoms with van der Waals surface area (Å²) in [4.78, 5) is 19.4. The van der Waals surface area contributed by atoms with E-state index >= 15 is 0 Å². The van der Waals surface area contributed by atoms with Gasteiger partial charge in [-0.15, -0.1) is 0 Å². The quantitative estimate of drug-likeness (QED) is 0.746. The zero-order valence-electron chi connectivity index (χ0n) is 14.8. The molecule has 25 heavy (non-hydrogen) atoms. The van der Waals surface area contributed by atoms with Crippen molar-refractivity contribution >= 4 is 16.9 Å². The molecule has 0 aliphatic carbocycles. The third-order valence-corrected chi connectivity index (χ3v) is 3.73. The van der Waals surface area contributed by atoms with Crippen LogP contribution in [0.5, 0.6) is 5.75 Å². The Labute approximate surface area is 147 Å². The number of fused-ring (bicyclic) bond motifs is 1. The third kappa shape index (κ3) is 4.59. The fourth-order valence-electron chi connectivity index (χ4n) is 2.58. The van der Waals surface area contributed by atoms with Crippen LogP contribution in [0.25, 0.3) is 11.0 Å². The highest BCUT2D eigenvalue weighted by atomic mass is 16.5. The second-order valence-corrected chi connectivity index (χ2v) is 7.00. The van der Waals surface area contributed by atoms with Crippen LogP contribution in [0.15, 0.2) is 48.8 Å². The minimum Gasteiger partial charge on any atom is -0.488 e. The Morgan fingerprint density at radius 2 is 1.92 bits per heavy atom. The van der Waals surface area contributed by atoms with Gasteiger partial charge in [0.25, 0.3) is 5.91 Å². The number of nitrogens with zero attached hydrogens (tertiary/aromatic N) is 1. The summed E-state index contributed by atoms with van der Waals surface area (Å²) in [6.45, 7) is 6.66. The van der Waals surface area contributed by atoms with Crippen molar-refractivity contribution < 1.29 is 9.53 Å². The van der Waals surface area contributed by atoms with E-state index in [1.165, 1.54) is 0 Å². The normalized spacial score (nSPS) is 11.5. The molecule has 5 heteroatoms. The first-order valence-corrected chi connectivity index (χ1v) is 8.40. The van der Waals surface area contributed by atoms with E-state index in [4.69, 9.17) is 4.74 Å². The second kappa shape index (κ2) is 6.97. The fraction of sp³-hybridized carbons (Fsp3) is 0.300. The highest BCUT2D eigenvalue weighted by molar-refractivity contribution is 5.97. The molecule has 0 saturated carbocycles. The number of nitrogens with one attached hydrogen (secondary N) is 2. The number of H-pyrrole nitrogens is 1. The average molecular weight is 337 g/mol. The average Bonchev–Trinajstić information content (AvgIpc) is 3.02. The third-order valence-electron chi connectivity index (χ3n) is 3.73. The Bertz CT molecular complexity index is 861. The van der Waals surface area contributed by atoms with Gasteiger partial charge in [-0.05, 0) is 63.1 Å². The lowest BCUT2D eigenvalue weighted by Gasteiger charge is -2.21. The number of amides is 1. The lowest BCUT2D eigenvalue weighted by molar-refractivity contribution is 0.0954. The Morgan fingerprint density at radius 1 is 1.16 bits per heavy atom. The maximum atomic E-state index is 12.2. The van der Waals surface area contributed by atoms with E-state index in [2.05, 4.69) is 15.3 Å². The summed E-state index contributed by atoms with van der Waals surface area (Å²) in [6.07, 6.45) is 2.40. The SMILES string of the molecule is CC(C)(C)Oc1ccc(CCNC(=O)c2ccc3nc[nH]c3c2)cc1. The molecule has 0 bridgehead atoms. The highest BCUT2D eigenvalue weighted by Crippen LogP contribution is 2.18. The van der Waals surface area contributed by atoms with Crippen LogP contribution < -0.4 is 10.1 Å². The van der Waals surface area contributed by atoms with Gasteiger partial charge in [0.2, 0.25) is 0 Å². The zero-order chi connectivity index (χ0) is 17.9. The van der Waals surface area contributed by atoms with Gasteiger partial charge in [0.1, 0.15) is 11.4 Å². The summed E-state index contributed by atoms with van der Waals surface area (Å²) >= 11 is 0. The summed E-state index contributed by atoms with van der Waals surface area (Å²) in [5.74, 6) is 0.775. The number of ether oxygens (including phenoxy) is 1. The van der Waals surface area contributed by atoms with Crippen LogP contribution in [0.2, 0.25) is 0 Å². The fourth-order valence-corrected chi connectivity index (χ4v) is 2.58. The molecule has 1 heterocycles. The van der Waals surface area contributed by atoms with Gasteiger partial charge in [0, 0.05) is 12.1 Å². The molecule has 0 aliphatic rings. The number of carbonyl (C=O) groups is 1. The minimum absolute atomic E-state index is 0.0795. The Hall–Kier alpha value is -2.82. The molecule has 2 aromatic carbocycles. The predicted octanol–water partition coefficient (Wildman–Crippen LogP) is 3.71. The molecular weight excluding hydrogens is 314 g/mol. The molecule has 5 nitrogen and oxygen atoms in total. The van der Waals surface area contributed by atoms with Gasteiger partial charge >= 0.3 is 0 Å². The Balaban J connectivity index is 1.52. The summed E-state index contributed by atoms with van der Waals surface area (Å²) in [5.41, 5.74) is 3.30. The number of carbonyl (C=O) groups excluding carboxylic acids is 1.